The number of β-amino-alcohol motifs (C(OH)–C–C–N with tert-alkyl or cyclic N) is 1. The molecule has 0 aliphatic carbocycles. The van der Waals surface area contributed by atoms with Gasteiger partial charge in [-0.15, -0.1) is 0 Å². The molecule has 1 heterocycles. The van der Waals surface area contributed by atoms with E-state index in [2.05, 4.69) is 0 Å². The van der Waals surface area contributed by atoms with Crippen molar-refractivity contribution in [3.8, 4) is 5.75 Å². The summed E-state index contributed by atoms with van der Waals surface area (Å²) in [6.07, 6.45) is 0.637. The van der Waals surface area contributed by atoms with E-state index in [1.54, 1.807) is 29.2 Å². The van der Waals surface area contributed by atoms with E-state index in [-0.39, 0.29) is 11.7 Å². The molecule has 2 rings (SSSR count). The number of nitrogens with two attached hydrogens (primary N) is 1. The summed E-state index contributed by atoms with van der Waals surface area (Å²) in [6, 6.07) is 6.06. The first-order valence-electron chi connectivity index (χ1n) is 6.06. The Balaban J connectivity index is 1.93. The Labute approximate surface area is 106 Å². The molecule has 1 amide bonds. The fourth-order valence-electron chi connectivity index (χ4n) is 2.15. The summed E-state index contributed by atoms with van der Waals surface area (Å²) in [7, 11) is 0. The number of aromatic hydroxyl groups is 1. The lowest BCUT2D eigenvalue weighted by molar-refractivity contribution is -0.131. The molecule has 1 fully saturated rings. The van der Waals surface area contributed by atoms with Gasteiger partial charge in [0.05, 0.1) is 12.1 Å². The molecule has 18 heavy (non-hydrogen) atoms. The van der Waals surface area contributed by atoms with E-state index in [0.717, 1.165) is 5.56 Å². The molecule has 2 atom stereocenters. The fourth-order valence-corrected chi connectivity index (χ4v) is 2.15. The van der Waals surface area contributed by atoms with E-state index < -0.39 is 12.1 Å². The summed E-state index contributed by atoms with van der Waals surface area (Å²) in [6.45, 7) is 0.950. The zero-order chi connectivity index (χ0) is 13.1. The Bertz CT molecular complexity index is 419. The largest absolute Gasteiger partial charge is 0.508 e. The number of nitrogens with zero attached hydrogens (tertiary/aromatic N) is 1. The standard InChI is InChI=1S/C13H18N2O3/c14-12(7-9-1-3-10(16)4-2-9)13(18)15-6-5-11(17)8-15/h1-4,11-12,16-17H,5-8,14H2/t11-,12?/m1/s1. The van der Waals surface area contributed by atoms with Crippen molar-refractivity contribution in [3.05, 3.63) is 29.8 Å². The predicted octanol–water partition coefficient (Wildman–Crippen LogP) is -0.145. The first-order chi connectivity index (χ1) is 8.56. The van der Waals surface area contributed by atoms with Gasteiger partial charge in [0.2, 0.25) is 5.91 Å². The van der Waals surface area contributed by atoms with E-state index in [9.17, 15) is 9.90 Å². The average molecular weight is 250 g/mol. The van der Waals surface area contributed by atoms with Crippen molar-refractivity contribution in [2.45, 2.75) is 25.0 Å². The Hall–Kier alpha value is -1.59. The summed E-state index contributed by atoms with van der Waals surface area (Å²) in [5, 5.41) is 18.6. The number of amides is 1. The molecule has 98 valence electrons. The molecule has 1 aromatic carbocycles. The number of hydrogen-bond acceptors (Lipinski definition) is 4. The Morgan fingerprint density at radius 1 is 1.44 bits per heavy atom. The van der Waals surface area contributed by atoms with Crippen LogP contribution < -0.4 is 5.73 Å². The van der Waals surface area contributed by atoms with Crippen molar-refractivity contribution in [3.63, 3.8) is 0 Å². The van der Waals surface area contributed by atoms with Gasteiger partial charge in [-0.1, -0.05) is 12.1 Å². The third kappa shape index (κ3) is 3.00. The number of carbonyl (C=O) groups excluding carboxylic acids is 1. The number of carbonyl (C=O) groups is 1. The molecule has 0 saturated carbocycles. The number of likely N-dealkylation sites (tertiary alicyclic amines) is 1. The maximum Gasteiger partial charge on any atom is 0.239 e. The van der Waals surface area contributed by atoms with Gasteiger partial charge in [0.1, 0.15) is 5.75 Å². The summed E-state index contributed by atoms with van der Waals surface area (Å²) in [5.41, 5.74) is 6.79. The van der Waals surface area contributed by atoms with Crippen LogP contribution in [-0.4, -0.2) is 46.3 Å². The van der Waals surface area contributed by atoms with Crippen LogP contribution in [-0.2, 0) is 11.2 Å². The summed E-state index contributed by atoms with van der Waals surface area (Å²) in [5.74, 6) is 0.0703. The summed E-state index contributed by atoms with van der Waals surface area (Å²) >= 11 is 0. The highest BCUT2D eigenvalue weighted by atomic mass is 16.3. The summed E-state index contributed by atoms with van der Waals surface area (Å²) < 4.78 is 0. The van der Waals surface area contributed by atoms with Gasteiger partial charge in [-0.3, -0.25) is 4.79 Å². The van der Waals surface area contributed by atoms with Crippen LogP contribution in [0.4, 0.5) is 0 Å². The second-order valence-corrected chi connectivity index (χ2v) is 4.70. The number of rotatable bonds is 3. The van der Waals surface area contributed by atoms with Crippen molar-refractivity contribution in [1.29, 1.82) is 0 Å². The van der Waals surface area contributed by atoms with Gasteiger partial charge in [0.25, 0.3) is 0 Å². The third-order valence-corrected chi connectivity index (χ3v) is 3.18. The molecule has 0 aromatic heterocycles. The van der Waals surface area contributed by atoms with E-state index in [1.165, 1.54) is 0 Å². The van der Waals surface area contributed by atoms with Crippen molar-refractivity contribution < 1.29 is 15.0 Å². The molecule has 1 saturated heterocycles. The van der Waals surface area contributed by atoms with Crippen LogP contribution in [0.25, 0.3) is 0 Å². The van der Waals surface area contributed by atoms with Crippen molar-refractivity contribution >= 4 is 5.91 Å². The smallest absolute Gasteiger partial charge is 0.239 e. The molecule has 1 aliphatic rings. The van der Waals surface area contributed by atoms with Crippen LogP contribution in [0.5, 0.6) is 5.75 Å². The maximum absolute atomic E-state index is 12.0. The van der Waals surface area contributed by atoms with Crippen molar-refractivity contribution in [2.75, 3.05) is 13.1 Å². The lowest BCUT2D eigenvalue weighted by Crippen LogP contribution is -2.44. The number of phenols is 1. The van der Waals surface area contributed by atoms with Gasteiger partial charge in [0, 0.05) is 13.1 Å². The number of benzene rings is 1. The van der Waals surface area contributed by atoms with Gasteiger partial charge in [-0.25, -0.2) is 0 Å². The van der Waals surface area contributed by atoms with Crippen LogP contribution in [0.1, 0.15) is 12.0 Å². The molecule has 4 N–H and O–H groups in total. The lowest BCUT2D eigenvalue weighted by Gasteiger charge is -2.20. The highest BCUT2D eigenvalue weighted by molar-refractivity contribution is 5.82. The van der Waals surface area contributed by atoms with Crippen LogP contribution in [0.15, 0.2) is 24.3 Å². The predicted molar refractivity (Wildman–Crippen MR) is 67.0 cm³/mol. The molecule has 0 radical (unpaired) electrons. The zero-order valence-electron chi connectivity index (χ0n) is 10.1. The monoisotopic (exact) mass is 250 g/mol. The van der Waals surface area contributed by atoms with Crippen LogP contribution >= 0.6 is 0 Å². The van der Waals surface area contributed by atoms with E-state index in [4.69, 9.17) is 10.8 Å². The number of hydrogen-bond donors (Lipinski definition) is 3. The van der Waals surface area contributed by atoms with Crippen LogP contribution in [0, 0.1) is 0 Å². The highest BCUT2D eigenvalue weighted by Gasteiger charge is 2.28. The van der Waals surface area contributed by atoms with Crippen molar-refractivity contribution in [2.24, 2.45) is 5.73 Å². The quantitative estimate of drug-likeness (QED) is 0.696. The molecule has 1 unspecified atom stereocenters. The number of phenolic OH excluding ortho intramolecular Hbond substituents is 1. The van der Waals surface area contributed by atoms with Gasteiger partial charge in [-0.2, -0.15) is 0 Å². The normalized spacial score (nSPS) is 21.0. The number of aliphatic hydroxyl groups is 1. The number of aliphatic hydroxyl groups excluding tert-OH is 1. The topological polar surface area (TPSA) is 86.8 Å². The zero-order valence-corrected chi connectivity index (χ0v) is 10.1. The maximum atomic E-state index is 12.0. The van der Waals surface area contributed by atoms with E-state index in [0.29, 0.717) is 25.9 Å². The minimum atomic E-state index is -0.597. The molecular formula is C13H18N2O3. The first kappa shape index (κ1) is 12.9. The second-order valence-electron chi connectivity index (χ2n) is 4.70. The molecule has 5 nitrogen and oxygen atoms in total. The fraction of sp³-hybridized carbons (Fsp3) is 0.462. The average Bonchev–Trinajstić information content (AvgIpc) is 2.78. The minimum Gasteiger partial charge on any atom is -0.508 e. The second kappa shape index (κ2) is 5.37. The van der Waals surface area contributed by atoms with E-state index >= 15 is 0 Å². The van der Waals surface area contributed by atoms with E-state index in [1.807, 2.05) is 0 Å². The Morgan fingerprint density at radius 2 is 2.11 bits per heavy atom. The molecule has 0 bridgehead atoms. The lowest BCUT2D eigenvalue weighted by atomic mass is 10.1. The highest BCUT2D eigenvalue weighted by Crippen LogP contribution is 2.14. The Morgan fingerprint density at radius 3 is 2.67 bits per heavy atom. The molecule has 5 heteroatoms. The third-order valence-electron chi connectivity index (χ3n) is 3.18. The van der Waals surface area contributed by atoms with Gasteiger partial charge in [0.15, 0.2) is 0 Å². The Kier molecular flexibility index (Phi) is 3.84. The first-order valence-corrected chi connectivity index (χ1v) is 6.06. The SMILES string of the molecule is NC(Cc1ccc(O)cc1)C(=O)N1CC[C@@H](O)C1. The van der Waals surface area contributed by atoms with Crippen LogP contribution in [0.2, 0.25) is 0 Å². The molecular weight excluding hydrogens is 232 g/mol. The molecule has 1 aromatic rings. The molecule has 0 spiro atoms. The van der Waals surface area contributed by atoms with Gasteiger partial charge in [-0.05, 0) is 30.5 Å². The minimum absolute atomic E-state index is 0.125. The molecule has 1 aliphatic heterocycles. The summed E-state index contributed by atoms with van der Waals surface area (Å²) in [4.78, 5) is 13.6. The van der Waals surface area contributed by atoms with Gasteiger partial charge >= 0.3 is 0 Å². The van der Waals surface area contributed by atoms with Crippen LogP contribution in [0.3, 0.4) is 0 Å². The van der Waals surface area contributed by atoms with Crippen molar-refractivity contribution in [1.82, 2.24) is 4.90 Å². The van der Waals surface area contributed by atoms with Gasteiger partial charge < -0.3 is 20.8 Å².